The van der Waals surface area contributed by atoms with Crippen LogP contribution in [-0.4, -0.2) is 21.5 Å². The van der Waals surface area contributed by atoms with Gasteiger partial charge in [0, 0.05) is 0 Å². The number of carbonyl (C=O) groups is 1. The van der Waals surface area contributed by atoms with Crippen molar-refractivity contribution < 1.29 is 17.9 Å². The van der Waals surface area contributed by atoms with E-state index in [1.165, 1.54) is 25.3 Å². The zero-order chi connectivity index (χ0) is 15.6. The third-order valence-electron chi connectivity index (χ3n) is 2.55. The Morgan fingerprint density at radius 2 is 2.10 bits per heavy atom. The van der Waals surface area contributed by atoms with Crippen LogP contribution in [0.3, 0.4) is 0 Å². The summed E-state index contributed by atoms with van der Waals surface area (Å²) in [6.45, 7) is 0. The topological polar surface area (TPSA) is 98.5 Å². The maximum Gasteiger partial charge on any atom is 0.350 e. The van der Waals surface area contributed by atoms with Crippen LogP contribution in [0.25, 0.3) is 0 Å². The van der Waals surface area contributed by atoms with E-state index in [0.717, 1.165) is 11.3 Å². The molecule has 0 saturated carbocycles. The molecule has 21 heavy (non-hydrogen) atoms. The zero-order valence-electron chi connectivity index (χ0n) is 10.8. The first-order valence-electron chi connectivity index (χ1n) is 5.59. The number of anilines is 2. The summed E-state index contributed by atoms with van der Waals surface area (Å²) < 4.78 is 31.6. The molecule has 0 bridgehead atoms. The minimum absolute atomic E-state index is 0.00246. The zero-order valence-corrected chi connectivity index (χ0v) is 13.2. The average Bonchev–Trinajstić information content (AvgIpc) is 2.84. The van der Waals surface area contributed by atoms with Crippen LogP contribution in [0.4, 0.5) is 11.4 Å². The number of hydrogen-bond donors (Lipinski definition) is 2. The molecule has 0 aliphatic carbocycles. The Bertz CT molecular complexity index is 766. The van der Waals surface area contributed by atoms with E-state index in [-0.39, 0.29) is 26.2 Å². The summed E-state index contributed by atoms with van der Waals surface area (Å²) in [6.07, 6.45) is 0. The van der Waals surface area contributed by atoms with Gasteiger partial charge in [-0.1, -0.05) is 17.7 Å². The number of nitrogen functional groups attached to an aromatic ring is 1. The van der Waals surface area contributed by atoms with E-state index in [1.54, 1.807) is 11.4 Å². The number of hydrogen-bond acceptors (Lipinski definition) is 6. The van der Waals surface area contributed by atoms with Crippen LogP contribution in [0.15, 0.2) is 34.5 Å². The lowest BCUT2D eigenvalue weighted by Crippen LogP contribution is -2.16. The molecule has 0 spiro atoms. The molecule has 3 N–H and O–H groups in total. The minimum Gasteiger partial charge on any atom is -0.465 e. The first-order valence-corrected chi connectivity index (χ1v) is 8.33. The number of carbonyl (C=O) groups excluding carboxylic acids is 1. The Balaban J connectivity index is 2.44. The van der Waals surface area contributed by atoms with Crippen LogP contribution in [0, 0.1) is 0 Å². The second kappa shape index (κ2) is 5.92. The Hall–Kier alpha value is -1.77. The van der Waals surface area contributed by atoms with Crippen molar-refractivity contribution in [3.8, 4) is 0 Å². The number of esters is 1. The minimum atomic E-state index is -4.02. The molecule has 1 aromatic carbocycles. The normalized spacial score (nSPS) is 11.1. The van der Waals surface area contributed by atoms with Gasteiger partial charge in [-0.3, -0.25) is 4.72 Å². The molecule has 0 fully saturated rings. The molecule has 1 heterocycles. The molecule has 0 aliphatic heterocycles. The second-order valence-electron chi connectivity index (χ2n) is 3.92. The van der Waals surface area contributed by atoms with Crippen molar-refractivity contribution in [2.45, 2.75) is 4.90 Å². The summed E-state index contributed by atoms with van der Waals surface area (Å²) in [5.74, 6) is -0.630. The number of thiophene rings is 1. The number of halogens is 1. The molecular formula is C12H11ClN2O4S2. The van der Waals surface area contributed by atoms with Gasteiger partial charge in [0.05, 0.1) is 23.5 Å². The molecule has 2 aromatic rings. The number of ether oxygens (including phenoxy) is 1. The molecule has 0 saturated heterocycles. The highest BCUT2D eigenvalue weighted by Gasteiger charge is 2.24. The summed E-state index contributed by atoms with van der Waals surface area (Å²) in [7, 11) is -2.80. The summed E-state index contributed by atoms with van der Waals surface area (Å²) in [4.78, 5) is 11.5. The van der Waals surface area contributed by atoms with E-state index in [2.05, 4.69) is 9.46 Å². The van der Waals surface area contributed by atoms with Crippen molar-refractivity contribution >= 4 is 50.3 Å². The van der Waals surface area contributed by atoms with Gasteiger partial charge in [0.1, 0.15) is 9.77 Å². The highest BCUT2D eigenvalue weighted by Crippen LogP contribution is 2.31. The van der Waals surface area contributed by atoms with Crippen molar-refractivity contribution in [2.24, 2.45) is 0 Å². The quantitative estimate of drug-likeness (QED) is 0.654. The van der Waals surface area contributed by atoms with E-state index in [9.17, 15) is 13.2 Å². The van der Waals surface area contributed by atoms with Gasteiger partial charge < -0.3 is 10.5 Å². The van der Waals surface area contributed by atoms with E-state index < -0.39 is 16.0 Å². The SMILES string of the molecule is COC(=O)c1sccc1NS(=O)(=O)c1c(N)cccc1Cl. The number of sulfonamides is 1. The molecule has 0 atom stereocenters. The first kappa shape index (κ1) is 15.6. The van der Waals surface area contributed by atoms with Gasteiger partial charge >= 0.3 is 5.97 Å². The third kappa shape index (κ3) is 3.12. The number of nitrogens with one attached hydrogen (secondary N) is 1. The van der Waals surface area contributed by atoms with Gasteiger partial charge in [0.25, 0.3) is 10.0 Å². The van der Waals surface area contributed by atoms with E-state index in [0.29, 0.717) is 0 Å². The average molecular weight is 347 g/mol. The molecule has 9 heteroatoms. The molecule has 0 radical (unpaired) electrons. The fraction of sp³-hybridized carbons (Fsp3) is 0.0833. The molecule has 0 unspecified atom stereocenters. The monoisotopic (exact) mass is 346 g/mol. The third-order valence-corrected chi connectivity index (χ3v) is 5.35. The molecule has 0 aliphatic rings. The van der Waals surface area contributed by atoms with E-state index >= 15 is 0 Å². The molecule has 2 rings (SSSR count). The lowest BCUT2D eigenvalue weighted by atomic mass is 10.3. The summed E-state index contributed by atoms with van der Waals surface area (Å²) in [5.41, 5.74) is 5.80. The predicted octanol–water partition coefficient (Wildman–Crippen LogP) is 2.57. The molecule has 1 aromatic heterocycles. The van der Waals surface area contributed by atoms with Crippen molar-refractivity contribution in [1.82, 2.24) is 0 Å². The molecule has 6 nitrogen and oxygen atoms in total. The predicted molar refractivity (Wildman–Crippen MR) is 82.3 cm³/mol. The summed E-state index contributed by atoms with van der Waals surface area (Å²) >= 11 is 6.96. The van der Waals surface area contributed by atoms with Crippen molar-refractivity contribution in [1.29, 1.82) is 0 Å². The van der Waals surface area contributed by atoms with Gasteiger partial charge in [0.2, 0.25) is 0 Å². The van der Waals surface area contributed by atoms with Crippen LogP contribution in [0.5, 0.6) is 0 Å². The molecular weight excluding hydrogens is 336 g/mol. The smallest absolute Gasteiger partial charge is 0.350 e. The fourth-order valence-electron chi connectivity index (χ4n) is 1.65. The Morgan fingerprint density at radius 3 is 2.71 bits per heavy atom. The lowest BCUT2D eigenvalue weighted by Gasteiger charge is -2.11. The largest absolute Gasteiger partial charge is 0.465 e. The van der Waals surface area contributed by atoms with Crippen LogP contribution < -0.4 is 10.5 Å². The standard InChI is InChI=1S/C12H11ClN2O4S2/c1-19-12(16)10-9(5-6-20-10)15-21(17,18)11-7(13)3-2-4-8(11)14/h2-6,15H,14H2,1H3. The molecule has 112 valence electrons. The van der Waals surface area contributed by atoms with Gasteiger partial charge in [-0.05, 0) is 23.6 Å². The number of nitrogens with two attached hydrogens (primary N) is 1. The van der Waals surface area contributed by atoms with Gasteiger partial charge in [-0.25, -0.2) is 13.2 Å². The number of benzene rings is 1. The van der Waals surface area contributed by atoms with E-state index in [4.69, 9.17) is 17.3 Å². The van der Waals surface area contributed by atoms with Crippen molar-refractivity contribution in [3.63, 3.8) is 0 Å². The Morgan fingerprint density at radius 1 is 1.38 bits per heavy atom. The highest BCUT2D eigenvalue weighted by atomic mass is 35.5. The van der Waals surface area contributed by atoms with Crippen molar-refractivity contribution in [2.75, 3.05) is 17.6 Å². The highest BCUT2D eigenvalue weighted by molar-refractivity contribution is 7.93. The van der Waals surface area contributed by atoms with Crippen LogP contribution >= 0.6 is 22.9 Å². The maximum atomic E-state index is 12.4. The van der Waals surface area contributed by atoms with Crippen molar-refractivity contribution in [3.05, 3.63) is 39.5 Å². The van der Waals surface area contributed by atoms with Gasteiger partial charge in [-0.15, -0.1) is 11.3 Å². The lowest BCUT2D eigenvalue weighted by molar-refractivity contribution is 0.0607. The van der Waals surface area contributed by atoms with Crippen LogP contribution in [0.1, 0.15) is 9.67 Å². The summed E-state index contributed by atoms with van der Waals surface area (Å²) in [6, 6.07) is 5.85. The number of rotatable bonds is 4. The maximum absolute atomic E-state index is 12.4. The Labute approximate surface area is 130 Å². The first-order chi connectivity index (χ1) is 9.86. The van der Waals surface area contributed by atoms with Crippen LogP contribution in [0.2, 0.25) is 5.02 Å². The Kier molecular flexibility index (Phi) is 4.40. The fourth-order valence-corrected chi connectivity index (χ4v) is 4.23. The van der Waals surface area contributed by atoms with Gasteiger partial charge in [-0.2, -0.15) is 0 Å². The summed E-state index contributed by atoms with van der Waals surface area (Å²) in [5, 5.41) is 1.57. The molecule has 0 amide bonds. The van der Waals surface area contributed by atoms with Crippen LogP contribution in [-0.2, 0) is 14.8 Å². The van der Waals surface area contributed by atoms with E-state index in [1.807, 2.05) is 0 Å². The number of methoxy groups -OCH3 is 1. The van der Waals surface area contributed by atoms with Gasteiger partial charge in [0.15, 0.2) is 0 Å². The second-order valence-corrected chi connectivity index (χ2v) is 6.86.